The summed E-state index contributed by atoms with van der Waals surface area (Å²) in [5.41, 5.74) is 0.745. The van der Waals surface area contributed by atoms with Crippen molar-refractivity contribution in [2.75, 3.05) is 19.7 Å². The van der Waals surface area contributed by atoms with Gasteiger partial charge in [-0.2, -0.15) is 13.2 Å². The monoisotopic (exact) mass is 468 g/mol. The zero-order valence-corrected chi connectivity index (χ0v) is 17.9. The minimum absolute atomic E-state index is 0.0451. The fourth-order valence-corrected chi connectivity index (χ4v) is 5.12. The molecule has 7 nitrogen and oxygen atoms in total. The van der Waals surface area contributed by atoms with E-state index in [1.165, 1.54) is 6.08 Å². The van der Waals surface area contributed by atoms with Gasteiger partial charge in [-0.25, -0.2) is 0 Å². The summed E-state index contributed by atoms with van der Waals surface area (Å²) in [6.07, 6.45) is -3.40. The van der Waals surface area contributed by atoms with Crippen LogP contribution in [-0.4, -0.2) is 71.0 Å². The van der Waals surface area contributed by atoms with Gasteiger partial charge in [-0.05, 0) is 25.0 Å². The van der Waals surface area contributed by atoms with Gasteiger partial charge in [0.15, 0.2) is 0 Å². The molecule has 0 spiro atoms. The van der Waals surface area contributed by atoms with Crippen LogP contribution in [-0.2, 0) is 9.59 Å². The molecule has 1 heterocycles. The predicted molar refractivity (Wildman–Crippen MR) is 111 cm³/mol. The number of hydrogen-bond donors (Lipinski definition) is 3. The van der Waals surface area contributed by atoms with Crippen molar-refractivity contribution >= 4 is 11.8 Å². The van der Waals surface area contributed by atoms with Gasteiger partial charge in [0.1, 0.15) is 24.5 Å². The molecule has 3 N–H and O–H groups in total. The maximum Gasteiger partial charge on any atom is 0.406 e. The second-order valence-electron chi connectivity index (χ2n) is 8.74. The number of nitrogens with one attached hydrogen (secondary N) is 1. The molecule has 2 aliphatic carbocycles. The van der Waals surface area contributed by atoms with E-state index in [0.29, 0.717) is 29.1 Å². The zero-order chi connectivity index (χ0) is 23.8. The standard InChI is InChI=1S/C23H27F3N2O5/c24-23(25,26)12-28(22(32)13-5-1-2-6-13)16-11-15(21(31)27-9-10-29)18-14-7-3-4-8-17(14)33-20(18)19(16)30/h3-4,7-8,11,13,16,18-20,29-30H,1-2,5-6,9-10,12H2,(H,27,31)/t16-,18+,19+,20+/m1/s1. The Kier molecular flexibility index (Phi) is 6.67. The minimum Gasteiger partial charge on any atom is -0.486 e. The number of halogens is 3. The third kappa shape index (κ3) is 4.72. The van der Waals surface area contributed by atoms with Crippen LogP contribution in [0.5, 0.6) is 5.75 Å². The van der Waals surface area contributed by atoms with Crippen molar-refractivity contribution in [2.24, 2.45) is 5.92 Å². The Hall–Kier alpha value is -2.59. The molecule has 0 saturated heterocycles. The van der Waals surface area contributed by atoms with Crippen LogP contribution in [0.15, 0.2) is 35.9 Å². The first-order chi connectivity index (χ1) is 15.7. The molecule has 1 saturated carbocycles. The highest BCUT2D eigenvalue weighted by atomic mass is 19.4. The summed E-state index contributed by atoms with van der Waals surface area (Å²) in [5, 5.41) is 22.8. The molecular weight excluding hydrogens is 441 g/mol. The van der Waals surface area contributed by atoms with Crippen LogP contribution in [0.4, 0.5) is 13.2 Å². The van der Waals surface area contributed by atoms with Crippen molar-refractivity contribution in [3.63, 3.8) is 0 Å². The normalized spacial score (nSPS) is 26.8. The van der Waals surface area contributed by atoms with Crippen LogP contribution in [0.3, 0.4) is 0 Å². The van der Waals surface area contributed by atoms with E-state index >= 15 is 0 Å². The molecule has 2 amide bonds. The first-order valence-corrected chi connectivity index (χ1v) is 11.1. The van der Waals surface area contributed by atoms with Gasteiger partial charge >= 0.3 is 6.18 Å². The van der Waals surface area contributed by atoms with Gasteiger partial charge in [-0.3, -0.25) is 9.59 Å². The van der Waals surface area contributed by atoms with Gasteiger partial charge < -0.3 is 25.2 Å². The number of alkyl halides is 3. The number of aliphatic hydroxyl groups excluding tert-OH is 2. The molecule has 0 aromatic heterocycles. The lowest BCUT2D eigenvalue weighted by molar-refractivity contribution is -0.172. The number of aliphatic hydroxyl groups is 2. The minimum atomic E-state index is -4.68. The van der Waals surface area contributed by atoms with E-state index in [1.54, 1.807) is 24.3 Å². The highest BCUT2D eigenvalue weighted by molar-refractivity contribution is 5.96. The molecule has 3 aliphatic rings. The van der Waals surface area contributed by atoms with Gasteiger partial charge in [0.05, 0.1) is 18.6 Å². The van der Waals surface area contributed by atoms with E-state index in [-0.39, 0.29) is 18.7 Å². The number of ether oxygens (including phenoxy) is 1. The Labute approximate surface area is 189 Å². The lowest BCUT2D eigenvalue weighted by Gasteiger charge is -2.41. The topological polar surface area (TPSA) is 99.1 Å². The number of carbonyl (C=O) groups excluding carboxylic acids is 2. The number of benzene rings is 1. The first-order valence-electron chi connectivity index (χ1n) is 11.1. The Morgan fingerprint density at radius 3 is 2.55 bits per heavy atom. The average molecular weight is 468 g/mol. The third-order valence-corrected chi connectivity index (χ3v) is 6.57. The fourth-order valence-electron chi connectivity index (χ4n) is 5.12. The number of para-hydroxylation sites is 1. The van der Waals surface area contributed by atoms with Gasteiger partial charge in [0, 0.05) is 23.6 Å². The Balaban J connectivity index is 1.75. The van der Waals surface area contributed by atoms with Crippen LogP contribution in [0.2, 0.25) is 0 Å². The molecule has 1 aromatic rings. The zero-order valence-electron chi connectivity index (χ0n) is 17.9. The van der Waals surface area contributed by atoms with E-state index < -0.39 is 54.6 Å². The van der Waals surface area contributed by atoms with Gasteiger partial charge in [0.25, 0.3) is 0 Å². The van der Waals surface area contributed by atoms with Crippen LogP contribution in [0.25, 0.3) is 0 Å². The maximum atomic E-state index is 13.5. The first kappa shape index (κ1) is 23.6. The van der Waals surface area contributed by atoms with Crippen molar-refractivity contribution in [3.05, 3.63) is 41.5 Å². The van der Waals surface area contributed by atoms with E-state index in [1.807, 2.05) is 0 Å². The van der Waals surface area contributed by atoms with E-state index in [9.17, 15) is 27.9 Å². The predicted octanol–water partition coefficient (Wildman–Crippen LogP) is 1.89. The lowest BCUT2D eigenvalue weighted by Crippen LogP contribution is -2.58. The summed E-state index contributed by atoms with van der Waals surface area (Å²) in [6, 6.07) is 5.47. The Bertz CT molecular complexity index is 929. The van der Waals surface area contributed by atoms with Crippen LogP contribution >= 0.6 is 0 Å². The Morgan fingerprint density at radius 2 is 1.88 bits per heavy atom. The van der Waals surface area contributed by atoms with Crippen LogP contribution in [0.1, 0.15) is 37.2 Å². The van der Waals surface area contributed by atoms with Crippen LogP contribution < -0.4 is 10.1 Å². The van der Waals surface area contributed by atoms with Gasteiger partial charge in [0.2, 0.25) is 11.8 Å². The van der Waals surface area contributed by atoms with Crippen molar-refractivity contribution in [1.82, 2.24) is 10.2 Å². The van der Waals surface area contributed by atoms with Crippen molar-refractivity contribution in [1.29, 1.82) is 0 Å². The van der Waals surface area contributed by atoms with Crippen molar-refractivity contribution in [3.8, 4) is 5.75 Å². The number of nitrogens with zero attached hydrogens (tertiary/aromatic N) is 1. The number of hydrogen-bond acceptors (Lipinski definition) is 5. The summed E-state index contributed by atoms with van der Waals surface area (Å²) < 4.78 is 46.4. The second-order valence-corrected chi connectivity index (χ2v) is 8.74. The quantitative estimate of drug-likeness (QED) is 0.592. The summed E-state index contributed by atoms with van der Waals surface area (Å²) in [7, 11) is 0. The Morgan fingerprint density at radius 1 is 1.18 bits per heavy atom. The molecule has 10 heteroatoms. The van der Waals surface area contributed by atoms with Crippen LogP contribution in [0, 0.1) is 5.92 Å². The fraction of sp³-hybridized carbons (Fsp3) is 0.565. The molecule has 1 fully saturated rings. The van der Waals surface area contributed by atoms with E-state index in [0.717, 1.165) is 12.8 Å². The van der Waals surface area contributed by atoms with Crippen molar-refractivity contribution < 1.29 is 37.7 Å². The van der Waals surface area contributed by atoms with Gasteiger partial charge in [-0.1, -0.05) is 31.0 Å². The molecular formula is C23H27F3N2O5. The second kappa shape index (κ2) is 9.34. The molecule has 0 radical (unpaired) electrons. The average Bonchev–Trinajstić information content (AvgIpc) is 3.44. The summed E-state index contributed by atoms with van der Waals surface area (Å²) >= 11 is 0. The smallest absolute Gasteiger partial charge is 0.406 e. The summed E-state index contributed by atoms with van der Waals surface area (Å²) in [5.74, 6) is -2.08. The SMILES string of the molecule is O=C(NCCO)C1=C[C@@H](N(CC(F)(F)F)C(=O)C2CCCC2)[C@H](O)[C@H]2Oc3ccccc3[C@@H]12. The molecule has 0 unspecified atom stereocenters. The molecule has 180 valence electrons. The number of fused-ring (bicyclic) bond motifs is 3. The number of rotatable bonds is 6. The molecule has 1 aromatic carbocycles. The number of carbonyl (C=O) groups is 2. The molecule has 33 heavy (non-hydrogen) atoms. The van der Waals surface area contributed by atoms with Gasteiger partial charge in [-0.15, -0.1) is 0 Å². The maximum absolute atomic E-state index is 13.5. The lowest BCUT2D eigenvalue weighted by atomic mass is 9.77. The molecule has 4 rings (SSSR count). The highest BCUT2D eigenvalue weighted by Crippen LogP contribution is 2.47. The summed E-state index contributed by atoms with van der Waals surface area (Å²) in [4.78, 5) is 26.7. The molecule has 0 bridgehead atoms. The van der Waals surface area contributed by atoms with E-state index in [2.05, 4.69) is 5.32 Å². The molecule has 4 atom stereocenters. The summed E-state index contributed by atoms with van der Waals surface area (Å²) in [6.45, 7) is -1.89. The number of amides is 2. The largest absolute Gasteiger partial charge is 0.486 e. The van der Waals surface area contributed by atoms with Crippen molar-refractivity contribution in [2.45, 2.75) is 56.0 Å². The van der Waals surface area contributed by atoms with E-state index in [4.69, 9.17) is 9.84 Å². The third-order valence-electron chi connectivity index (χ3n) is 6.57. The highest BCUT2D eigenvalue weighted by Gasteiger charge is 2.52. The molecule has 1 aliphatic heterocycles.